The van der Waals surface area contributed by atoms with E-state index >= 15 is 0 Å². The lowest BCUT2D eigenvalue weighted by atomic mass is 10.2. The van der Waals surface area contributed by atoms with Crippen molar-refractivity contribution in [2.24, 2.45) is 5.73 Å². The molecule has 2 N–H and O–H groups in total. The van der Waals surface area contributed by atoms with Crippen molar-refractivity contribution in [3.8, 4) is 0 Å². The van der Waals surface area contributed by atoms with E-state index in [1.807, 2.05) is 11.0 Å². The van der Waals surface area contributed by atoms with Crippen LogP contribution in [0.5, 0.6) is 0 Å². The first-order chi connectivity index (χ1) is 7.77. The Labute approximate surface area is 95.1 Å². The molecular formula is C12H18F2N2. The molecule has 0 spiro atoms. The molecule has 0 aliphatic heterocycles. The molecule has 0 unspecified atom stereocenters. The van der Waals surface area contributed by atoms with Crippen LogP contribution in [-0.4, -0.2) is 26.3 Å². The highest BCUT2D eigenvalue weighted by atomic mass is 19.1. The Morgan fingerprint density at radius 2 is 1.94 bits per heavy atom. The summed E-state index contributed by atoms with van der Waals surface area (Å²) in [6.07, 6.45) is 1.28. The molecule has 0 atom stereocenters. The molecule has 0 heterocycles. The Morgan fingerprint density at radius 1 is 1.19 bits per heavy atom. The van der Waals surface area contributed by atoms with Crippen molar-refractivity contribution in [3.05, 3.63) is 30.1 Å². The average molecular weight is 228 g/mol. The second-order valence-electron chi connectivity index (χ2n) is 3.65. The lowest BCUT2D eigenvalue weighted by Crippen LogP contribution is -2.27. The van der Waals surface area contributed by atoms with Crippen LogP contribution in [0.2, 0.25) is 0 Å². The van der Waals surface area contributed by atoms with Crippen LogP contribution < -0.4 is 10.6 Å². The summed E-state index contributed by atoms with van der Waals surface area (Å²) >= 11 is 0. The molecule has 1 aromatic rings. The fraction of sp³-hybridized carbons (Fsp3) is 0.500. The van der Waals surface area contributed by atoms with E-state index in [2.05, 4.69) is 0 Å². The minimum Gasteiger partial charge on any atom is -0.371 e. The highest BCUT2D eigenvalue weighted by molar-refractivity contribution is 5.46. The first-order valence-electron chi connectivity index (χ1n) is 5.54. The second-order valence-corrected chi connectivity index (χ2v) is 3.65. The SMILES string of the molecule is NCCCN(CCCF)c1cccc(F)c1. The third kappa shape index (κ3) is 4.14. The maximum atomic E-state index is 13.0. The van der Waals surface area contributed by atoms with Gasteiger partial charge in [0.05, 0.1) is 6.67 Å². The predicted molar refractivity (Wildman–Crippen MR) is 62.9 cm³/mol. The van der Waals surface area contributed by atoms with Gasteiger partial charge < -0.3 is 10.6 Å². The summed E-state index contributed by atoms with van der Waals surface area (Å²) in [5.74, 6) is -0.268. The van der Waals surface area contributed by atoms with E-state index < -0.39 is 0 Å². The van der Waals surface area contributed by atoms with Crippen LogP contribution >= 0.6 is 0 Å². The van der Waals surface area contributed by atoms with Crippen LogP contribution in [0.4, 0.5) is 14.5 Å². The van der Waals surface area contributed by atoms with Crippen molar-refractivity contribution in [1.82, 2.24) is 0 Å². The molecule has 1 rings (SSSR count). The molecule has 0 aromatic heterocycles. The first kappa shape index (κ1) is 12.9. The Morgan fingerprint density at radius 3 is 2.56 bits per heavy atom. The zero-order valence-corrected chi connectivity index (χ0v) is 9.33. The van der Waals surface area contributed by atoms with E-state index in [1.165, 1.54) is 12.1 Å². The maximum Gasteiger partial charge on any atom is 0.125 e. The van der Waals surface area contributed by atoms with E-state index in [0.29, 0.717) is 19.5 Å². The fourth-order valence-electron chi connectivity index (χ4n) is 1.58. The summed E-state index contributed by atoms with van der Waals surface area (Å²) in [6.45, 7) is 1.57. The summed E-state index contributed by atoms with van der Waals surface area (Å²) in [5.41, 5.74) is 6.23. The number of hydrogen-bond donors (Lipinski definition) is 1. The van der Waals surface area contributed by atoms with E-state index in [4.69, 9.17) is 5.73 Å². The maximum absolute atomic E-state index is 13.0. The van der Waals surface area contributed by atoms with Crippen LogP contribution in [-0.2, 0) is 0 Å². The molecule has 0 aliphatic rings. The lowest BCUT2D eigenvalue weighted by Gasteiger charge is -2.24. The van der Waals surface area contributed by atoms with Crippen LogP contribution in [0.25, 0.3) is 0 Å². The highest BCUT2D eigenvalue weighted by Crippen LogP contribution is 2.16. The molecule has 0 bridgehead atoms. The predicted octanol–water partition coefficient (Wildman–Crippen LogP) is 2.34. The molecule has 0 amide bonds. The number of alkyl halides is 1. The van der Waals surface area contributed by atoms with Gasteiger partial charge in [-0.1, -0.05) is 6.07 Å². The summed E-state index contributed by atoms with van der Waals surface area (Å²) in [4.78, 5) is 1.97. The summed E-state index contributed by atoms with van der Waals surface area (Å²) < 4.78 is 25.2. The van der Waals surface area contributed by atoms with Gasteiger partial charge in [0.2, 0.25) is 0 Å². The smallest absolute Gasteiger partial charge is 0.125 e. The van der Waals surface area contributed by atoms with Crippen LogP contribution in [0.1, 0.15) is 12.8 Å². The summed E-state index contributed by atoms with van der Waals surface area (Å²) in [7, 11) is 0. The van der Waals surface area contributed by atoms with Gasteiger partial charge in [-0.15, -0.1) is 0 Å². The van der Waals surface area contributed by atoms with Crippen molar-refractivity contribution in [2.75, 3.05) is 31.2 Å². The van der Waals surface area contributed by atoms with Gasteiger partial charge in [0.15, 0.2) is 0 Å². The van der Waals surface area contributed by atoms with E-state index in [-0.39, 0.29) is 12.5 Å². The van der Waals surface area contributed by atoms with Gasteiger partial charge in [-0.05, 0) is 37.6 Å². The Hall–Kier alpha value is -1.16. The minimum atomic E-state index is -0.353. The molecule has 0 saturated carbocycles. The number of halogens is 2. The van der Waals surface area contributed by atoms with Gasteiger partial charge in [0.1, 0.15) is 5.82 Å². The summed E-state index contributed by atoms with van der Waals surface area (Å²) in [6, 6.07) is 6.36. The number of nitrogens with two attached hydrogens (primary N) is 1. The molecule has 0 fully saturated rings. The zero-order valence-electron chi connectivity index (χ0n) is 9.33. The van der Waals surface area contributed by atoms with Crippen LogP contribution in [0.15, 0.2) is 24.3 Å². The zero-order chi connectivity index (χ0) is 11.8. The quantitative estimate of drug-likeness (QED) is 0.776. The highest BCUT2D eigenvalue weighted by Gasteiger charge is 2.06. The Bertz CT molecular complexity index is 297. The van der Waals surface area contributed by atoms with Gasteiger partial charge in [-0.25, -0.2) is 4.39 Å². The topological polar surface area (TPSA) is 29.3 Å². The average Bonchev–Trinajstić information content (AvgIpc) is 2.29. The van der Waals surface area contributed by atoms with E-state index in [0.717, 1.165) is 18.7 Å². The van der Waals surface area contributed by atoms with E-state index in [9.17, 15) is 8.78 Å². The molecule has 0 aliphatic carbocycles. The lowest BCUT2D eigenvalue weighted by molar-refractivity contribution is 0.470. The van der Waals surface area contributed by atoms with Gasteiger partial charge in [-0.2, -0.15) is 0 Å². The fourth-order valence-corrected chi connectivity index (χ4v) is 1.58. The molecule has 2 nitrogen and oxygen atoms in total. The molecule has 16 heavy (non-hydrogen) atoms. The van der Waals surface area contributed by atoms with Crippen molar-refractivity contribution in [3.63, 3.8) is 0 Å². The standard InChI is InChI=1S/C12H18F2N2/c13-6-2-8-16(9-3-7-15)12-5-1-4-11(14)10-12/h1,4-5,10H,2-3,6-9,15H2. The normalized spacial score (nSPS) is 10.4. The number of anilines is 1. The van der Waals surface area contributed by atoms with Crippen molar-refractivity contribution in [2.45, 2.75) is 12.8 Å². The Kier molecular flexibility index (Phi) is 5.78. The van der Waals surface area contributed by atoms with Crippen LogP contribution in [0.3, 0.4) is 0 Å². The van der Waals surface area contributed by atoms with Crippen molar-refractivity contribution >= 4 is 5.69 Å². The molecule has 0 radical (unpaired) electrons. The van der Waals surface area contributed by atoms with Crippen molar-refractivity contribution < 1.29 is 8.78 Å². The van der Waals surface area contributed by atoms with E-state index in [1.54, 1.807) is 6.07 Å². The minimum absolute atomic E-state index is 0.268. The molecule has 4 heteroatoms. The monoisotopic (exact) mass is 228 g/mol. The number of nitrogens with zero attached hydrogens (tertiary/aromatic N) is 1. The number of benzene rings is 1. The number of rotatable bonds is 7. The van der Waals surface area contributed by atoms with Gasteiger partial charge in [0.25, 0.3) is 0 Å². The molecule has 0 saturated heterocycles. The summed E-state index contributed by atoms with van der Waals surface area (Å²) in [5, 5.41) is 0. The van der Waals surface area contributed by atoms with Crippen molar-refractivity contribution in [1.29, 1.82) is 0 Å². The molecule has 90 valence electrons. The van der Waals surface area contributed by atoms with Crippen LogP contribution in [0, 0.1) is 5.82 Å². The third-order valence-corrected chi connectivity index (χ3v) is 2.37. The largest absolute Gasteiger partial charge is 0.371 e. The molecule has 1 aromatic carbocycles. The second kappa shape index (κ2) is 7.17. The third-order valence-electron chi connectivity index (χ3n) is 2.37. The first-order valence-corrected chi connectivity index (χ1v) is 5.54. The van der Waals surface area contributed by atoms with Gasteiger partial charge >= 0.3 is 0 Å². The van der Waals surface area contributed by atoms with Gasteiger partial charge in [0, 0.05) is 18.8 Å². The van der Waals surface area contributed by atoms with Gasteiger partial charge in [-0.3, -0.25) is 4.39 Å². The Balaban J connectivity index is 2.66. The molecular weight excluding hydrogens is 210 g/mol. The number of hydrogen-bond acceptors (Lipinski definition) is 2.